The predicted molar refractivity (Wildman–Crippen MR) is 93.1 cm³/mol. The standard InChI is InChI=1S/C16H15BrN4O3/c17-13-3-1-12(2-4-13)16(22)20-9-7-19(8-10-20)14-5-6-15(18-11-14)21(23)24/h1-6,11H,7-10H2. The summed E-state index contributed by atoms with van der Waals surface area (Å²) < 4.78 is 0.939. The van der Waals surface area contributed by atoms with Gasteiger partial charge in [-0.15, -0.1) is 0 Å². The number of amides is 1. The number of pyridine rings is 1. The maximum Gasteiger partial charge on any atom is 0.363 e. The number of hydrogen-bond acceptors (Lipinski definition) is 5. The van der Waals surface area contributed by atoms with Gasteiger partial charge in [0, 0.05) is 42.3 Å². The van der Waals surface area contributed by atoms with E-state index in [9.17, 15) is 14.9 Å². The van der Waals surface area contributed by atoms with Crippen molar-refractivity contribution >= 4 is 33.3 Å². The normalized spacial score (nSPS) is 14.5. The molecule has 1 saturated heterocycles. The van der Waals surface area contributed by atoms with Crippen LogP contribution < -0.4 is 4.90 Å². The molecule has 1 amide bonds. The van der Waals surface area contributed by atoms with E-state index in [1.165, 1.54) is 12.3 Å². The number of carbonyl (C=O) groups is 1. The number of halogens is 1. The summed E-state index contributed by atoms with van der Waals surface area (Å²) in [5.41, 5.74) is 1.50. The van der Waals surface area contributed by atoms with Crippen LogP contribution in [0.5, 0.6) is 0 Å². The zero-order chi connectivity index (χ0) is 17.1. The van der Waals surface area contributed by atoms with Gasteiger partial charge < -0.3 is 19.9 Å². The molecule has 0 radical (unpaired) electrons. The van der Waals surface area contributed by atoms with E-state index in [0.717, 1.165) is 10.2 Å². The van der Waals surface area contributed by atoms with Crippen molar-refractivity contribution in [3.05, 3.63) is 62.7 Å². The summed E-state index contributed by atoms with van der Waals surface area (Å²) in [5.74, 6) is -0.147. The van der Waals surface area contributed by atoms with Crippen molar-refractivity contribution in [3.8, 4) is 0 Å². The highest BCUT2D eigenvalue weighted by Crippen LogP contribution is 2.19. The van der Waals surface area contributed by atoms with Crippen molar-refractivity contribution < 1.29 is 9.72 Å². The Kier molecular flexibility index (Phi) is 4.75. The Balaban J connectivity index is 1.62. The van der Waals surface area contributed by atoms with E-state index in [1.807, 2.05) is 17.0 Å². The summed E-state index contributed by atoms with van der Waals surface area (Å²) in [5, 5.41) is 10.6. The van der Waals surface area contributed by atoms with Gasteiger partial charge in [-0.05, 0) is 40.2 Å². The molecule has 0 saturated carbocycles. The van der Waals surface area contributed by atoms with E-state index in [1.54, 1.807) is 18.2 Å². The summed E-state index contributed by atoms with van der Waals surface area (Å²) in [6.45, 7) is 2.54. The number of carbonyl (C=O) groups excluding carboxylic acids is 1. The van der Waals surface area contributed by atoms with Gasteiger partial charge in [-0.3, -0.25) is 4.79 Å². The first kappa shape index (κ1) is 16.4. The van der Waals surface area contributed by atoms with Gasteiger partial charge in [0.2, 0.25) is 0 Å². The molecule has 1 fully saturated rings. The molecule has 1 aliphatic heterocycles. The number of benzene rings is 1. The lowest BCUT2D eigenvalue weighted by atomic mass is 10.2. The fourth-order valence-electron chi connectivity index (χ4n) is 2.62. The molecule has 124 valence electrons. The van der Waals surface area contributed by atoms with Crippen LogP contribution in [-0.4, -0.2) is 46.9 Å². The Bertz CT molecular complexity index is 741. The SMILES string of the molecule is O=C(c1ccc(Br)cc1)N1CCN(c2ccc([N+](=O)[O-])nc2)CC1. The van der Waals surface area contributed by atoms with Gasteiger partial charge >= 0.3 is 5.82 Å². The molecule has 2 heterocycles. The Morgan fingerprint density at radius 3 is 2.29 bits per heavy atom. The minimum atomic E-state index is -0.515. The third kappa shape index (κ3) is 3.53. The number of rotatable bonds is 3. The monoisotopic (exact) mass is 390 g/mol. The maximum atomic E-state index is 12.5. The van der Waals surface area contributed by atoms with E-state index in [-0.39, 0.29) is 11.7 Å². The molecular weight excluding hydrogens is 376 g/mol. The molecule has 1 aliphatic rings. The van der Waals surface area contributed by atoms with E-state index in [2.05, 4.69) is 25.8 Å². The number of nitro groups is 1. The van der Waals surface area contributed by atoms with Crippen LogP contribution in [0.2, 0.25) is 0 Å². The molecule has 0 aliphatic carbocycles. The summed E-state index contributed by atoms with van der Waals surface area (Å²) in [4.78, 5) is 30.3. The fraction of sp³-hybridized carbons (Fsp3) is 0.250. The zero-order valence-electron chi connectivity index (χ0n) is 12.8. The minimum absolute atomic E-state index is 0.0176. The molecule has 2 aromatic rings. The van der Waals surface area contributed by atoms with E-state index < -0.39 is 4.92 Å². The summed E-state index contributed by atoms with van der Waals surface area (Å²) >= 11 is 3.36. The lowest BCUT2D eigenvalue weighted by Gasteiger charge is -2.35. The molecule has 0 atom stereocenters. The van der Waals surface area contributed by atoms with Crippen LogP contribution in [0.4, 0.5) is 11.5 Å². The third-order valence-corrected chi connectivity index (χ3v) is 4.47. The van der Waals surface area contributed by atoms with Crippen LogP contribution in [0.15, 0.2) is 47.1 Å². The number of nitrogens with zero attached hydrogens (tertiary/aromatic N) is 4. The number of aromatic nitrogens is 1. The smallest absolute Gasteiger partial charge is 0.363 e. The molecule has 0 unspecified atom stereocenters. The second kappa shape index (κ2) is 6.96. The topological polar surface area (TPSA) is 79.6 Å². The number of hydrogen-bond donors (Lipinski definition) is 0. The molecule has 0 bridgehead atoms. The lowest BCUT2D eigenvalue weighted by molar-refractivity contribution is -0.389. The summed E-state index contributed by atoms with van der Waals surface area (Å²) in [7, 11) is 0. The third-order valence-electron chi connectivity index (χ3n) is 3.94. The van der Waals surface area contributed by atoms with Crippen LogP contribution in [-0.2, 0) is 0 Å². The average Bonchev–Trinajstić information content (AvgIpc) is 2.62. The van der Waals surface area contributed by atoms with E-state index >= 15 is 0 Å². The summed E-state index contributed by atoms with van der Waals surface area (Å²) in [6.07, 6.45) is 1.50. The quantitative estimate of drug-likeness (QED) is 0.594. The Labute approximate surface area is 147 Å². The second-order valence-corrected chi connectivity index (χ2v) is 6.33. The highest BCUT2D eigenvalue weighted by Gasteiger charge is 2.23. The molecule has 1 aromatic carbocycles. The minimum Gasteiger partial charge on any atom is -0.365 e. The second-order valence-electron chi connectivity index (χ2n) is 5.42. The first-order valence-electron chi connectivity index (χ1n) is 7.45. The molecule has 0 N–H and O–H groups in total. The Hall–Kier alpha value is -2.48. The molecule has 3 rings (SSSR count). The first-order chi connectivity index (χ1) is 11.5. The van der Waals surface area contributed by atoms with Gasteiger partial charge in [0.1, 0.15) is 0 Å². The maximum absolute atomic E-state index is 12.5. The molecule has 7 nitrogen and oxygen atoms in total. The molecule has 1 aromatic heterocycles. The molecular formula is C16H15BrN4O3. The van der Waals surface area contributed by atoms with Crippen molar-refractivity contribution in [2.75, 3.05) is 31.1 Å². The van der Waals surface area contributed by atoms with Crippen molar-refractivity contribution in [1.29, 1.82) is 0 Å². The fourth-order valence-corrected chi connectivity index (χ4v) is 2.88. The number of piperazine rings is 1. The molecule has 0 spiro atoms. The lowest BCUT2D eigenvalue weighted by Crippen LogP contribution is -2.48. The van der Waals surface area contributed by atoms with Gasteiger partial charge in [-0.25, -0.2) is 0 Å². The van der Waals surface area contributed by atoms with Crippen LogP contribution in [0.25, 0.3) is 0 Å². The van der Waals surface area contributed by atoms with Crippen LogP contribution in [0.3, 0.4) is 0 Å². The highest BCUT2D eigenvalue weighted by molar-refractivity contribution is 9.10. The summed E-state index contributed by atoms with van der Waals surface area (Å²) in [6, 6.07) is 10.4. The van der Waals surface area contributed by atoms with Crippen LogP contribution in [0.1, 0.15) is 10.4 Å². The van der Waals surface area contributed by atoms with Crippen molar-refractivity contribution in [2.45, 2.75) is 0 Å². The Morgan fingerprint density at radius 1 is 1.08 bits per heavy atom. The van der Waals surface area contributed by atoms with E-state index in [0.29, 0.717) is 31.7 Å². The largest absolute Gasteiger partial charge is 0.365 e. The zero-order valence-corrected chi connectivity index (χ0v) is 14.3. The van der Waals surface area contributed by atoms with Gasteiger partial charge in [-0.1, -0.05) is 15.9 Å². The Morgan fingerprint density at radius 2 is 1.75 bits per heavy atom. The van der Waals surface area contributed by atoms with Gasteiger partial charge in [0.25, 0.3) is 5.91 Å². The molecule has 8 heteroatoms. The average molecular weight is 391 g/mol. The van der Waals surface area contributed by atoms with Gasteiger partial charge in [0.15, 0.2) is 6.20 Å². The van der Waals surface area contributed by atoms with Gasteiger partial charge in [-0.2, -0.15) is 0 Å². The van der Waals surface area contributed by atoms with Crippen molar-refractivity contribution in [3.63, 3.8) is 0 Å². The van der Waals surface area contributed by atoms with Crippen molar-refractivity contribution in [2.24, 2.45) is 0 Å². The van der Waals surface area contributed by atoms with Crippen molar-refractivity contribution in [1.82, 2.24) is 9.88 Å². The number of anilines is 1. The van der Waals surface area contributed by atoms with Crippen LogP contribution >= 0.6 is 15.9 Å². The van der Waals surface area contributed by atoms with Crippen LogP contribution in [0, 0.1) is 10.1 Å². The highest BCUT2D eigenvalue weighted by atomic mass is 79.9. The predicted octanol–water partition coefficient (Wildman–Crippen LogP) is 2.71. The van der Waals surface area contributed by atoms with Gasteiger partial charge in [0.05, 0.1) is 5.69 Å². The first-order valence-corrected chi connectivity index (χ1v) is 8.24. The molecule has 24 heavy (non-hydrogen) atoms. The van der Waals surface area contributed by atoms with E-state index in [4.69, 9.17) is 0 Å².